The number of nitrogens with zero attached hydrogens (tertiary/aromatic N) is 2. The summed E-state index contributed by atoms with van der Waals surface area (Å²) in [5, 5.41) is 5.42. The maximum atomic E-state index is 12.7. The van der Waals surface area contributed by atoms with Gasteiger partial charge in [-0.3, -0.25) is 14.8 Å². The number of halogens is 2. The van der Waals surface area contributed by atoms with E-state index in [2.05, 4.69) is 52.5 Å². The van der Waals surface area contributed by atoms with Gasteiger partial charge in [0.05, 0.1) is 17.6 Å². The monoisotopic (exact) mass is 591 g/mol. The van der Waals surface area contributed by atoms with Gasteiger partial charge >= 0.3 is 6.09 Å². The first-order valence-electron chi connectivity index (χ1n) is 10.3. The number of hydrogen-bond donors (Lipinski definition) is 3. The van der Waals surface area contributed by atoms with Crippen LogP contribution in [-0.4, -0.2) is 33.6 Å². The van der Waals surface area contributed by atoms with E-state index in [9.17, 15) is 9.59 Å². The van der Waals surface area contributed by atoms with Crippen LogP contribution in [-0.2, 0) is 16.0 Å². The average Bonchev–Trinajstić information content (AvgIpc) is 2.73. The molecule has 0 bridgehead atoms. The predicted molar refractivity (Wildman–Crippen MR) is 140 cm³/mol. The van der Waals surface area contributed by atoms with Gasteiger partial charge in [0, 0.05) is 34.0 Å². The first-order chi connectivity index (χ1) is 16.0. The number of benzene rings is 1. The van der Waals surface area contributed by atoms with E-state index >= 15 is 0 Å². The quantitative estimate of drug-likeness (QED) is 0.368. The molecule has 3 aromatic rings. The number of alkyl carbamates (subject to hydrolysis) is 1. The molecule has 0 aliphatic carbocycles. The Morgan fingerprint density at radius 3 is 2.15 bits per heavy atom. The van der Waals surface area contributed by atoms with Gasteiger partial charge in [-0.25, -0.2) is 4.79 Å². The fraction of sp³-hybridized carbons (Fsp3) is 0.250. The fourth-order valence-corrected chi connectivity index (χ4v) is 3.39. The number of pyridine rings is 2. The van der Waals surface area contributed by atoms with Crippen LogP contribution in [0.5, 0.6) is 0 Å². The summed E-state index contributed by atoms with van der Waals surface area (Å²) in [4.78, 5) is 32.7. The van der Waals surface area contributed by atoms with Crippen molar-refractivity contribution in [3.63, 3.8) is 0 Å². The van der Waals surface area contributed by atoms with Crippen LogP contribution in [0.25, 0.3) is 0 Å². The molecule has 0 unspecified atom stereocenters. The van der Waals surface area contributed by atoms with Crippen molar-refractivity contribution in [2.45, 2.75) is 38.8 Å². The van der Waals surface area contributed by atoms with Crippen molar-refractivity contribution in [1.82, 2.24) is 15.3 Å². The molecular formula is C24H27Br2N5O3. The summed E-state index contributed by atoms with van der Waals surface area (Å²) < 4.78 is 6.94. The van der Waals surface area contributed by atoms with E-state index in [0.717, 1.165) is 14.5 Å². The van der Waals surface area contributed by atoms with E-state index in [4.69, 9.17) is 10.5 Å². The Labute approximate surface area is 216 Å². The third kappa shape index (κ3) is 10.8. The summed E-state index contributed by atoms with van der Waals surface area (Å²) in [6.07, 6.45) is 6.15. The van der Waals surface area contributed by atoms with E-state index in [0.29, 0.717) is 17.8 Å². The second-order valence-corrected chi connectivity index (χ2v) is 10.0. The normalized spacial score (nSPS) is 11.4. The highest BCUT2D eigenvalue weighted by Gasteiger charge is 2.25. The first kappa shape index (κ1) is 27.3. The zero-order valence-electron chi connectivity index (χ0n) is 19.1. The molecule has 180 valence electrons. The lowest BCUT2D eigenvalue weighted by atomic mass is 10.1. The molecule has 0 spiro atoms. The van der Waals surface area contributed by atoms with E-state index in [1.807, 2.05) is 30.3 Å². The van der Waals surface area contributed by atoms with Crippen molar-refractivity contribution in [1.29, 1.82) is 0 Å². The second-order valence-electron chi connectivity index (χ2n) is 8.21. The molecule has 1 atom stereocenters. The molecule has 0 saturated carbocycles. The molecule has 34 heavy (non-hydrogen) atoms. The predicted octanol–water partition coefficient (Wildman–Crippen LogP) is 5.34. The van der Waals surface area contributed by atoms with Gasteiger partial charge in [0.1, 0.15) is 11.6 Å². The minimum absolute atomic E-state index is 0.341. The number of carbonyl (C=O) groups excluding carboxylic acids is 2. The number of rotatable bonds is 5. The maximum Gasteiger partial charge on any atom is 0.408 e. The zero-order chi connectivity index (χ0) is 25.1. The van der Waals surface area contributed by atoms with Crippen molar-refractivity contribution >= 4 is 55.2 Å². The topological polar surface area (TPSA) is 119 Å². The van der Waals surface area contributed by atoms with Gasteiger partial charge in [0.25, 0.3) is 0 Å². The molecule has 2 heterocycles. The van der Waals surface area contributed by atoms with Crippen LogP contribution < -0.4 is 16.4 Å². The lowest BCUT2D eigenvalue weighted by molar-refractivity contribution is -0.118. The Morgan fingerprint density at radius 1 is 1.00 bits per heavy atom. The lowest BCUT2D eigenvalue weighted by Crippen LogP contribution is -2.47. The number of hydrogen-bond acceptors (Lipinski definition) is 6. The lowest BCUT2D eigenvalue weighted by Gasteiger charge is -2.23. The van der Waals surface area contributed by atoms with Crippen molar-refractivity contribution < 1.29 is 14.3 Å². The molecule has 3 rings (SSSR count). The van der Waals surface area contributed by atoms with E-state index in [1.165, 1.54) is 6.20 Å². The van der Waals surface area contributed by atoms with Gasteiger partial charge in [-0.2, -0.15) is 0 Å². The number of nitrogens with two attached hydrogens (primary N) is 1. The van der Waals surface area contributed by atoms with Crippen LogP contribution in [0.3, 0.4) is 0 Å². The minimum atomic E-state index is -0.786. The Balaban J connectivity index is 0.000000430. The van der Waals surface area contributed by atoms with Crippen molar-refractivity contribution in [3.8, 4) is 0 Å². The number of carbonyl (C=O) groups is 2. The van der Waals surface area contributed by atoms with Gasteiger partial charge < -0.3 is 21.1 Å². The van der Waals surface area contributed by atoms with Gasteiger partial charge in [0.15, 0.2) is 0 Å². The smallest absolute Gasteiger partial charge is 0.408 e. The average molecular weight is 593 g/mol. The highest BCUT2D eigenvalue weighted by atomic mass is 79.9. The van der Waals surface area contributed by atoms with Gasteiger partial charge in [0.2, 0.25) is 5.91 Å². The molecule has 0 fully saturated rings. The molecule has 0 aliphatic heterocycles. The zero-order valence-corrected chi connectivity index (χ0v) is 22.3. The Hall–Kier alpha value is -2.98. The van der Waals surface area contributed by atoms with Crippen molar-refractivity contribution in [2.24, 2.45) is 0 Å². The highest BCUT2D eigenvalue weighted by Crippen LogP contribution is 2.15. The maximum absolute atomic E-state index is 12.7. The summed E-state index contributed by atoms with van der Waals surface area (Å²) in [6.45, 7) is 5.31. The molecule has 0 saturated heterocycles. The molecule has 10 heteroatoms. The molecule has 2 aromatic heterocycles. The summed E-state index contributed by atoms with van der Waals surface area (Å²) in [5.74, 6) is -0.348. The summed E-state index contributed by atoms with van der Waals surface area (Å²) in [7, 11) is 0. The van der Waals surface area contributed by atoms with Crippen LogP contribution in [0.4, 0.5) is 16.2 Å². The molecule has 0 radical (unpaired) electrons. The van der Waals surface area contributed by atoms with Crippen LogP contribution in [0.2, 0.25) is 0 Å². The number of nitrogen functional groups attached to an aromatic ring is 1. The Morgan fingerprint density at radius 2 is 1.62 bits per heavy atom. The molecule has 1 aromatic carbocycles. The van der Waals surface area contributed by atoms with E-state index in [1.54, 1.807) is 51.5 Å². The van der Waals surface area contributed by atoms with E-state index < -0.39 is 17.7 Å². The number of anilines is 2. The summed E-state index contributed by atoms with van der Waals surface area (Å²) in [5.41, 5.74) is 6.86. The van der Waals surface area contributed by atoms with Gasteiger partial charge in [-0.1, -0.05) is 30.3 Å². The SMILES string of the molecule is CC(C)(C)OC(=O)N[C@@H](Cc1ccccc1)C(=O)Nc1cncc(Br)c1.Nc1cncc(Br)c1. The number of amides is 2. The second kappa shape index (κ2) is 13.0. The fourth-order valence-electron chi connectivity index (χ4n) is 2.65. The van der Waals surface area contributed by atoms with Crippen molar-refractivity contribution in [2.75, 3.05) is 11.1 Å². The minimum Gasteiger partial charge on any atom is -0.444 e. The van der Waals surface area contributed by atoms with Crippen LogP contribution >= 0.6 is 31.9 Å². The van der Waals surface area contributed by atoms with Crippen LogP contribution in [0.15, 0.2) is 76.2 Å². The number of nitrogens with one attached hydrogen (secondary N) is 2. The van der Waals surface area contributed by atoms with Crippen LogP contribution in [0.1, 0.15) is 26.3 Å². The molecule has 4 N–H and O–H groups in total. The van der Waals surface area contributed by atoms with Crippen molar-refractivity contribution in [3.05, 3.63) is 81.8 Å². The molecule has 2 amide bonds. The molecule has 0 aliphatic rings. The standard InChI is InChI=1S/C19H22BrN3O3.C5H5BrN2/c1-19(2,3)26-18(25)23-16(9-13-7-5-4-6-8-13)17(24)22-15-10-14(20)11-21-12-15;6-4-1-5(7)3-8-2-4/h4-8,10-12,16H,9H2,1-3H3,(H,22,24)(H,23,25);1-3H,7H2/t16-;/m0./s1. The summed E-state index contributed by atoms with van der Waals surface area (Å²) >= 11 is 6.53. The van der Waals surface area contributed by atoms with E-state index in [-0.39, 0.29) is 5.91 Å². The largest absolute Gasteiger partial charge is 0.444 e. The Bertz CT molecular complexity index is 1070. The Kier molecular flexibility index (Phi) is 10.5. The summed E-state index contributed by atoms with van der Waals surface area (Å²) in [6, 6.07) is 12.2. The highest BCUT2D eigenvalue weighted by molar-refractivity contribution is 9.10. The third-order valence-electron chi connectivity index (χ3n) is 3.99. The van der Waals surface area contributed by atoms with Crippen LogP contribution in [0, 0.1) is 0 Å². The number of ether oxygens (including phenoxy) is 1. The molecule has 8 nitrogen and oxygen atoms in total. The third-order valence-corrected chi connectivity index (χ3v) is 4.86. The van der Waals surface area contributed by atoms with Gasteiger partial charge in [-0.05, 0) is 70.3 Å². The first-order valence-corrected chi connectivity index (χ1v) is 11.9. The number of aromatic nitrogens is 2. The van der Waals surface area contributed by atoms with Gasteiger partial charge in [-0.15, -0.1) is 0 Å². The molecular weight excluding hydrogens is 566 g/mol.